The number of carboxylic acids is 1. The van der Waals surface area contributed by atoms with Crippen LogP contribution in [0, 0.1) is 5.92 Å². The Morgan fingerprint density at radius 2 is 2.56 bits per heavy atom. The van der Waals surface area contributed by atoms with E-state index in [0.29, 0.717) is 18.2 Å². The molecule has 0 aliphatic carbocycles. The van der Waals surface area contributed by atoms with Crippen LogP contribution in [0.2, 0.25) is 0 Å². The predicted molar refractivity (Wildman–Crippen MR) is 64.2 cm³/mol. The molecule has 98 valence electrons. The Morgan fingerprint density at radius 3 is 3.22 bits per heavy atom. The Labute approximate surface area is 105 Å². The summed E-state index contributed by atoms with van der Waals surface area (Å²) < 4.78 is 5.33. The van der Waals surface area contributed by atoms with E-state index in [-0.39, 0.29) is 11.6 Å². The van der Waals surface area contributed by atoms with Crippen molar-refractivity contribution >= 4 is 5.97 Å². The third-order valence-electron chi connectivity index (χ3n) is 3.29. The van der Waals surface area contributed by atoms with Crippen LogP contribution in [0.1, 0.15) is 29.4 Å². The van der Waals surface area contributed by atoms with Crippen LogP contribution in [0.4, 0.5) is 0 Å². The molecule has 0 spiro atoms. The Hall–Kier alpha value is -1.53. The van der Waals surface area contributed by atoms with Crippen molar-refractivity contribution in [2.75, 3.05) is 13.2 Å². The van der Waals surface area contributed by atoms with Crippen LogP contribution in [0.5, 0.6) is 0 Å². The van der Waals surface area contributed by atoms with Crippen molar-refractivity contribution in [1.82, 2.24) is 15.3 Å². The molecule has 0 saturated carbocycles. The minimum atomic E-state index is -0.996. The van der Waals surface area contributed by atoms with Gasteiger partial charge in [-0.1, -0.05) is 0 Å². The van der Waals surface area contributed by atoms with E-state index in [1.54, 1.807) is 0 Å². The zero-order valence-electron chi connectivity index (χ0n) is 10.3. The maximum absolute atomic E-state index is 11.0. The van der Waals surface area contributed by atoms with E-state index < -0.39 is 5.97 Å². The Morgan fingerprint density at radius 1 is 1.72 bits per heavy atom. The molecule has 2 heterocycles. The molecular weight excluding hydrogens is 234 g/mol. The number of hydrogen-bond acceptors (Lipinski definition) is 5. The van der Waals surface area contributed by atoms with Crippen LogP contribution in [0.25, 0.3) is 0 Å². The second-order valence-corrected chi connectivity index (χ2v) is 4.48. The van der Waals surface area contributed by atoms with Crippen molar-refractivity contribution in [3.8, 4) is 0 Å². The first-order chi connectivity index (χ1) is 8.68. The van der Waals surface area contributed by atoms with Gasteiger partial charge in [-0.3, -0.25) is 0 Å². The van der Waals surface area contributed by atoms with Gasteiger partial charge in [0.2, 0.25) is 0 Å². The molecule has 0 aromatic carbocycles. The highest BCUT2D eigenvalue weighted by molar-refractivity contribution is 5.88. The number of aromatic nitrogens is 2. The molecule has 18 heavy (non-hydrogen) atoms. The summed E-state index contributed by atoms with van der Waals surface area (Å²) in [6.07, 6.45) is 3.74. The molecule has 6 heteroatoms. The second-order valence-electron chi connectivity index (χ2n) is 4.48. The molecule has 0 radical (unpaired) electrons. The van der Waals surface area contributed by atoms with Gasteiger partial charge in [0.25, 0.3) is 0 Å². The molecule has 2 rings (SSSR count). The fraction of sp³-hybridized carbons (Fsp3) is 0.583. The average Bonchev–Trinajstić information content (AvgIpc) is 2.90. The summed E-state index contributed by atoms with van der Waals surface area (Å²) in [5.74, 6) is -0.510. The Bertz CT molecular complexity index is 419. The third-order valence-corrected chi connectivity index (χ3v) is 3.29. The lowest BCUT2D eigenvalue weighted by atomic mass is 10.0. The summed E-state index contributed by atoms with van der Waals surface area (Å²) in [6.45, 7) is 4.09. The number of hydrogen-bond donors (Lipinski definition) is 2. The van der Waals surface area contributed by atoms with Crippen LogP contribution in [0.3, 0.4) is 0 Å². The van der Waals surface area contributed by atoms with Gasteiger partial charge in [0, 0.05) is 25.4 Å². The summed E-state index contributed by atoms with van der Waals surface area (Å²) in [7, 11) is 0. The molecule has 6 nitrogen and oxygen atoms in total. The van der Waals surface area contributed by atoms with E-state index in [1.807, 2.05) is 0 Å². The maximum Gasteiger partial charge on any atom is 0.339 e. The molecule has 1 fully saturated rings. The van der Waals surface area contributed by atoms with E-state index in [2.05, 4.69) is 22.2 Å². The van der Waals surface area contributed by atoms with Crippen molar-refractivity contribution in [2.24, 2.45) is 5.92 Å². The van der Waals surface area contributed by atoms with Gasteiger partial charge in [0.1, 0.15) is 11.9 Å². The molecule has 0 amide bonds. The van der Waals surface area contributed by atoms with E-state index in [9.17, 15) is 4.79 Å². The largest absolute Gasteiger partial charge is 0.478 e. The van der Waals surface area contributed by atoms with Crippen LogP contribution in [0.15, 0.2) is 12.5 Å². The lowest BCUT2D eigenvalue weighted by molar-refractivity contribution is 0.0694. The lowest BCUT2D eigenvalue weighted by Gasteiger charge is -2.19. The highest BCUT2D eigenvalue weighted by Crippen LogP contribution is 2.16. The van der Waals surface area contributed by atoms with Gasteiger partial charge in [-0.25, -0.2) is 14.8 Å². The van der Waals surface area contributed by atoms with Crippen LogP contribution < -0.4 is 5.32 Å². The number of ether oxygens (including phenoxy) is 1. The normalized spacial score (nSPS) is 20.8. The molecule has 1 saturated heterocycles. The lowest BCUT2D eigenvalue weighted by Crippen LogP contribution is -2.34. The fourth-order valence-electron chi connectivity index (χ4n) is 2.05. The van der Waals surface area contributed by atoms with E-state index in [4.69, 9.17) is 9.84 Å². The summed E-state index contributed by atoms with van der Waals surface area (Å²) in [4.78, 5) is 18.7. The van der Waals surface area contributed by atoms with Crippen LogP contribution in [-0.2, 0) is 11.3 Å². The van der Waals surface area contributed by atoms with E-state index >= 15 is 0 Å². The SMILES string of the molecule is CC(NCc1ncncc1C(=O)O)C1CCOC1. The highest BCUT2D eigenvalue weighted by atomic mass is 16.5. The minimum absolute atomic E-state index is 0.153. The monoisotopic (exact) mass is 251 g/mol. The van der Waals surface area contributed by atoms with Crippen molar-refractivity contribution < 1.29 is 14.6 Å². The van der Waals surface area contributed by atoms with Gasteiger partial charge < -0.3 is 15.2 Å². The molecule has 2 atom stereocenters. The molecule has 1 aromatic heterocycles. The van der Waals surface area contributed by atoms with Gasteiger partial charge in [-0.2, -0.15) is 0 Å². The number of nitrogens with one attached hydrogen (secondary N) is 1. The van der Waals surface area contributed by atoms with Crippen molar-refractivity contribution in [1.29, 1.82) is 0 Å². The Kier molecular flexibility index (Phi) is 4.22. The van der Waals surface area contributed by atoms with Gasteiger partial charge in [-0.15, -0.1) is 0 Å². The molecule has 1 aromatic rings. The van der Waals surface area contributed by atoms with Gasteiger partial charge in [-0.05, 0) is 19.3 Å². The topological polar surface area (TPSA) is 84.3 Å². The zero-order valence-corrected chi connectivity index (χ0v) is 10.3. The first-order valence-electron chi connectivity index (χ1n) is 6.01. The van der Waals surface area contributed by atoms with Crippen molar-refractivity contribution in [2.45, 2.75) is 25.9 Å². The molecule has 2 unspecified atom stereocenters. The minimum Gasteiger partial charge on any atom is -0.478 e. The van der Waals surface area contributed by atoms with E-state index in [0.717, 1.165) is 19.6 Å². The summed E-state index contributed by atoms with van der Waals surface area (Å²) in [6, 6.07) is 0.282. The van der Waals surface area contributed by atoms with Crippen LogP contribution >= 0.6 is 0 Å². The molecule has 1 aliphatic heterocycles. The van der Waals surface area contributed by atoms with Crippen molar-refractivity contribution in [3.05, 3.63) is 23.8 Å². The molecular formula is C12H17N3O3. The number of nitrogens with zero attached hydrogens (tertiary/aromatic N) is 2. The number of carboxylic acid groups (broad SMARTS) is 1. The van der Waals surface area contributed by atoms with Gasteiger partial charge >= 0.3 is 5.97 Å². The highest BCUT2D eigenvalue weighted by Gasteiger charge is 2.22. The third kappa shape index (κ3) is 3.02. The Balaban J connectivity index is 1.95. The zero-order chi connectivity index (χ0) is 13.0. The van der Waals surface area contributed by atoms with Gasteiger partial charge in [0.05, 0.1) is 12.3 Å². The molecule has 0 bridgehead atoms. The average molecular weight is 251 g/mol. The summed E-state index contributed by atoms with van der Waals surface area (Å²) in [5.41, 5.74) is 0.670. The number of rotatable bonds is 5. The maximum atomic E-state index is 11.0. The summed E-state index contributed by atoms with van der Waals surface area (Å²) >= 11 is 0. The first-order valence-corrected chi connectivity index (χ1v) is 6.01. The summed E-state index contributed by atoms with van der Waals surface area (Å²) in [5, 5.41) is 12.3. The van der Waals surface area contributed by atoms with Crippen LogP contribution in [-0.4, -0.2) is 40.3 Å². The van der Waals surface area contributed by atoms with Crippen molar-refractivity contribution in [3.63, 3.8) is 0 Å². The second kappa shape index (κ2) is 5.88. The number of aromatic carboxylic acids is 1. The van der Waals surface area contributed by atoms with Gasteiger partial charge in [0.15, 0.2) is 0 Å². The first kappa shape index (κ1) is 12.9. The smallest absolute Gasteiger partial charge is 0.339 e. The predicted octanol–water partition coefficient (Wildman–Crippen LogP) is 0.689. The fourth-order valence-corrected chi connectivity index (χ4v) is 2.05. The molecule has 1 aliphatic rings. The molecule has 2 N–H and O–H groups in total. The van der Waals surface area contributed by atoms with E-state index in [1.165, 1.54) is 12.5 Å². The number of carbonyl (C=O) groups is 1. The standard InChI is InChI=1S/C12H17N3O3/c1-8(9-2-3-18-6-9)14-5-11-10(12(16)17)4-13-7-15-11/h4,7-9,14H,2-3,5-6H2,1H3,(H,16,17). The quantitative estimate of drug-likeness (QED) is 0.801.